The first-order valence-corrected chi connectivity index (χ1v) is 7.21. The number of hydrogen-bond acceptors (Lipinski definition) is 8. The van der Waals surface area contributed by atoms with Crippen molar-refractivity contribution in [2.75, 3.05) is 35.2 Å². The molecule has 0 fully saturated rings. The molecular formula is C14H20N8O. The van der Waals surface area contributed by atoms with Crippen LogP contribution in [0.25, 0.3) is 0 Å². The molecule has 1 aromatic carbocycles. The normalized spacial score (nSPS) is 10.1. The van der Waals surface area contributed by atoms with Crippen molar-refractivity contribution in [3.8, 4) is 0 Å². The number of nitrogens with zero attached hydrogens (tertiary/aromatic N) is 3. The second-order valence-corrected chi connectivity index (χ2v) is 4.78. The molecule has 9 nitrogen and oxygen atoms in total. The molecule has 0 aliphatic rings. The van der Waals surface area contributed by atoms with Gasteiger partial charge in [-0.15, -0.1) is 0 Å². The molecule has 2 aromatic rings. The molecule has 0 unspecified atom stereocenters. The van der Waals surface area contributed by atoms with Crippen LogP contribution in [0.2, 0.25) is 0 Å². The highest BCUT2D eigenvalue weighted by Gasteiger charge is 2.03. The van der Waals surface area contributed by atoms with Crippen molar-refractivity contribution in [2.24, 2.45) is 0 Å². The largest absolute Gasteiger partial charge is 0.376 e. The minimum absolute atomic E-state index is 0.0369. The van der Waals surface area contributed by atoms with Crippen molar-refractivity contribution < 1.29 is 4.79 Å². The molecule has 0 spiro atoms. The lowest BCUT2D eigenvalue weighted by Crippen LogP contribution is -2.30. The lowest BCUT2D eigenvalue weighted by molar-refractivity contribution is -0.119. The fourth-order valence-electron chi connectivity index (χ4n) is 1.78. The first-order chi connectivity index (χ1) is 11.1. The van der Waals surface area contributed by atoms with Gasteiger partial charge in [0.15, 0.2) is 0 Å². The number of rotatable bonds is 7. The zero-order chi connectivity index (χ0) is 16.7. The predicted octanol–water partition coefficient (Wildman–Crippen LogP) is 0.718. The third-order valence-corrected chi connectivity index (χ3v) is 2.84. The molecule has 1 aromatic heterocycles. The number of amides is 1. The Hall–Kier alpha value is -3.10. The van der Waals surface area contributed by atoms with Crippen LogP contribution in [-0.4, -0.2) is 33.9 Å². The SMILES string of the molecule is CCCNC(=O)CNc1ccc(Nc2nc(N)nc(N)n2)cc1. The van der Waals surface area contributed by atoms with E-state index in [9.17, 15) is 4.79 Å². The van der Waals surface area contributed by atoms with Gasteiger partial charge >= 0.3 is 0 Å². The molecule has 0 bridgehead atoms. The zero-order valence-electron chi connectivity index (χ0n) is 12.8. The van der Waals surface area contributed by atoms with E-state index in [2.05, 4.69) is 30.9 Å². The highest BCUT2D eigenvalue weighted by molar-refractivity contribution is 5.80. The number of aromatic nitrogens is 3. The third-order valence-electron chi connectivity index (χ3n) is 2.84. The van der Waals surface area contributed by atoms with E-state index in [1.165, 1.54) is 0 Å². The van der Waals surface area contributed by atoms with Crippen molar-refractivity contribution in [1.82, 2.24) is 20.3 Å². The van der Waals surface area contributed by atoms with Gasteiger partial charge in [-0.2, -0.15) is 15.0 Å². The summed E-state index contributed by atoms with van der Waals surface area (Å²) in [5.41, 5.74) is 12.6. The Bertz CT molecular complexity index is 638. The van der Waals surface area contributed by atoms with E-state index >= 15 is 0 Å². The van der Waals surface area contributed by atoms with Crippen LogP contribution in [0.4, 0.5) is 29.2 Å². The Labute approximate surface area is 133 Å². The lowest BCUT2D eigenvalue weighted by atomic mass is 10.3. The summed E-state index contributed by atoms with van der Waals surface area (Å²) in [4.78, 5) is 23.1. The van der Waals surface area contributed by atoms with Crippen molar-refractivity contribution >= 4 is 35.1 Å². The number of carbonyl (C=O) groups excluding carboxylic acids is 1. The Balaban J connectivity index is 1.90. The maximum atomic E-state index is 11.5. The Kier molecular flexibility index (Phi) is 5.50. The third kappa shape index (κ3) is 5.30. The maximum absolute atomic E-state index is 11.5. The monoisotopic (exact) mass is 316 g/mol. The summed E-state index contributed by atoms with van der Waals surface area (Å²) in [6, 6.07) is 7.32. The Morgan fingerprint density at radius 1 is 1.04 bits per heavy atom. The van der Waals surface area contributed by atoms with Crippen LogP contribution in [0, 0.1) is 0 Å². The van der Waals surface area contributed by atoms with Gasteiger partial charge in [0.25, 0.3) is 0 Å². The van der Waals surface area contributed by atoms with E-state index in [0.717, 1.165) is 17.8 Å². The van der Waals surface area contributed by atoms with Crippen LogP contribution in [0.15, 0.2) is 24.3 Å². The summed E-state index contributed by atoms with van der Waals surface area (Å²) >= 11 is 0. The van der Waals surface area contributed by atoms with Gasteiger partial charge in [-0.05, 0) is 30.7 Å². The molecule has 122 valence electrons. The summed E-state index contributed by atoms with van der Waals surface area (Å²) in [6.07, 6.45) is 0.915. The van der Waals surface area contributed by atoms with E-state index in [1.807, 2.05) is 31.2 Å². The zero-order valence-corrected chi connectivity index (χ0v) is 12.8. The number of carbonyl (C=O) groups is 1. The van der Waals surface area contributed by atoms with Crippen LogP contribution in [0.5, 0.6) is 0 Å². The minimum atomic E-state index is -0.0369. The molecule has 2 rings (SSSR count). The fraction of sp³-hybridized carbons (Fsp3) is 0.286. The summed E-state index contributed by atoms with van der Waals surface area (Å²) in [6.45, 7) is 2.92. The van der Waals surface area contributed by atoms with Crippen LogP contribution in [-0.2, 0) is 4.79 Å². The lowest BCUT2D eigenvalue weighted by Gasteiger charge is -2.09. The second-order valence-electron chi connectivity index (χ2n) is 4.78. The topological polar surface area (TPSA) is 144 Å². The summed E-state index contributed by atoms with van der Waals surface area (Å²) < 4.78 is 0. The van der Waals surface area contributed by atoms with Crippen molar-refractivity contribution in [1.29, 1.82) is 0 Å². The number of nitrogens with one attached hydrogen (secondary N) is 3. The summed E-state index contributed by atoms with van der Waals surface area (Å²) in [5.74, 6) is 0.340. The van der Waals surface area contributed by atoms with Gasteiger partial charge in [-0.25, -0.2) is 0 Å². The van der Waals surface area contributed by atoms with Gasteiger partial charge in [-0.3, -0.25) is 4.79 Å². The molecule has 1 amide bonds. The van der Waals surface area contributed by atoms with E-state index in [1.54, 1.807) is 0 Å². The molecule has 1 heterocycles. The van der Waals surface area contributed by atoms with E-state index in [-0.39, 0.29) is 30.3 Å². The van der Waals surface area contributed by atoms with E-state index < -0.39 is 0 Å². The number of nitrogens with two attached hydrogens (primary N) is 2. The van der Waals surface area contributed by atoms with Crippen molar-refractivity contribution in [3.63, 3.8) is 0 Å². The van der Waals surface area contributed by atoms with Crippen LogP contribution >= 0.6 is 0 Å². The standard InChI is InChI=1S/C14H20N8O/c1-2-7-17-11(23)8-18-9-3-5-10(6-4-9)19-14-21-12(15)20-13(16)22-14/h3-6,18H,2,7-8H2,1H3,(H,17,23)(H5,15,16,19,20,21,22). The number of benzene rings is 1. The molecule has 0 saturated heterocycles. The highest BCUT2D eigenvalue weighted by atomic mass is 16.1. The number of nitrogen functional groups attached to an aromatic ring is 2. The number of anilines is 5. The summed E-state index contributed by atoms with van der Waals surface area (Å²) in [5, 5.41) is 8.82. The molecule has 7 N–H and O–H groups in total. The average molecular weight is 316 g/mol. The van der Waals surface area contributed by atoms with Crippen molar-refractivity contribution in [2.45, 2.75) is 13.3 Å². The van der Waals surface area contributed by atoms with Crippen LogP contribution in [0.3, 0.4) is 0 Å². The van der Waals surface area contributed by atoms with Crippen LogP contribution in [0.1, 0.15) is 13.3 Å². The molecule has 9 heteroatoms. The molecule has 0 aliphatic heterocycles. The number of hydrogen-bond donors (Lipinski definition) is 5. The first kappa shape index (κ1) is 16.3. The minimum Gasteiger partial charge on any atom is -0.376 e. The maximum Gasteiger partial charge on any atom is 0.239 e. The molecule has 0 radical (unpaired) electrons. The predicted molar refractivity (Wildman–Crippen MR) is 90.2 cm³/mol. The molecular weight excluding hydrogens is 296 g/mol. The van der Waals surface area contributed by atoms with E-state index in [0.29, 0.717) is 6.54 Å². The fourth-order valence-corrected chi connectivity index (χ4v) is 1.78. The van der Waals surface area contributed by atoms with E-state index in [4.69, 9.17) is 11.5 Å². The van der Waals surface area contributed by atoms with Crippen molar-refractivity contribution in [3.05, 3.63) is 24.3 Å². The molecule has 0 saturated carbocycles. The van der Waals surface area contributed by atoms with Gasteiger partial charge < -0.3 is 27.4 Å². The van der Waals surface area contributed by atoms with Gasteiger partial charge in [0.2, 0.25) is 23.8 Å². The molecule has 0 aliphatic carbocycles. The average Bonchev–Trinajstić information content (AvgIpc) is 2.51. The van der Waals surface area contributed by atoms with Gasteiger partial charge in [-0.1, -0.05) is 6.92 Å². The highest BCUT2D eigenvalue weighted by Crippen LogP contribution is 2.17. The first-order valence-electron chi connectivity index (χ1n) is 7.21. The van der Waals surface area contributed by atoms with Crippen LogP contribution < -0.4 is 27.4 Å². The van der Waals surface area contributed by atoms with Gasteiger partial charge in [0, 0.05) is 17.9 Å². The second kappa shape index (κ2) is 7.78. The Morgan fingerprint density at radius 2 is 1.65 bits per heavy atom. The molecule has 23 heavy (non-hydrogen) atoms. The Morgan fingerprint density at radius 3 is 2.26 bits per heavy atom. The smallest absolute Gasteiger partial charge is 0.239 e. The summed E-state index contributed by atoms with van der Waals surface area (Å²) in [7, 11) is 0. The molecule has 0 atom stereocenters. The van der Waals surface area contributed by atoms with Gasteiger partial charge in [0.05, 0.1) is 6.54 Å². The quantitative estimate of drug-likeness (QED) is 0.502. The van der Waals surface area contributed by atoms with Gasteiger partial charge in [0.1, 0.15) is 0 Å².